The minimum atomic E-state index is -0.610. The molecular formula is C19H18N4O3. The maximum absolute atomic E-state index is 12.5. The summed E-state index contributed by atoms with van der Waals surface area (Å²) >= 11 is 0. The van der Waals surface area contributed by atoms with E-state index in [0.717, 1.165) is 0 Å². The third-order valence-electron chi connectivity index (χ3n) is 3.91. The topological polar surface area (TPSA) is 83.4 Å². The number of hydrogen-bond acceptors (Lipinski definition) is 5. The van der Waals surface area contributed by atoms with Gasteiger partial charge in [0.15, 0.2) is 0 Å². The van der Waals surface area contributed by atoms with Crippen molar-refractivity contribution in [1.82, 2.24) is 5.43 Å². The number of rotatable bonds is 5. The quantitative estimate of drug-likeness (QED) is 0.664. The van der Waals surface area contributed by atoms with Crippen molar-refractivity contribution in [2.75, 3.05) is 12.1 Å². The van der Waals surface area contributed by atoms with Gasteiger partial charge in [-0.1, -0.05) is 24.3 Å². The number of para-hydroxylation sites is 1. The Bertz CT molecular complexity index is 877. The molecule has 1 atom stereocenters. The van der Waals surface area contributed by atoms with Crippen molar-refractivity contribution >= 4 is 29.4 Å². The van der Waals surface area contributed by atoms with E-state index in [1.54, 1.807) is 43.3 Å². The molecule has 1 aliphatic heterocycles. The van der Waals surface area contributed by atoms with Gasteiger partial charge >= 0.3 is 0 Å². The number of ether oxygens (including phenoxy) is 1. The van der Waals surface area contributed by atoms with Crippen molar-refractivity contribution in [3.63, 3.8) is 0 Å². The molecule has 0 radical (unpaired) electrons. The van der Waals surface area contributed by atoms with E-state index in [2.05, 4.69) is 15.6 Å². The maximum Gasteiger partial charge on any atom is 0.271 e. The molecule has 1 N–H and O–H groups in total. The first kappa shape index (κ1) is 17.3. The van der Waals surface area contributed by atoms with Crippen LogP contribution in [0.25, 0.3) is 0 Å². The van der Waals surface area contributed by atoms with E-state index < -0.39 is 5.92 Å². The number of nitrogens with one attached hydrogen (secondary N) is 1. The smallest absolute Gasteiger partial charge is 0.271 e. The molecule has 7 heteroatoms. The van der Waals surface area contributed by atoms with Crippen LogP contribution >= 0.6 is 0 Å². The number of carbonyl (C=O) groups excluding carboxylic acids is 2. The SMILES string of the molecule is COc1cccc(C(=O)N/N=C\[C@H]2C(=O)N(c3ccccc3)N=C2C)c1. The van der Waals surface area contributed by atoms with Crippen LogP contribution in [-0.2, 0) is 4.79 Å². The minimum Gasteiger partial charge on any atom is -0.497 e. The van der Waals surface area contributed by atoms with Gasteiger partial charge in [-0.15, -0.1) is 0 Å². The van der Waals surface area contributed by atoms with Gasteiger partial charge in [-0.3, -0.25) is 9.59 Å². The zero-order chi connectivity index (χ0) is 18.5. The number of hydrogen-bond donors (Lipinski definition) is 1. The predicted molar refractivity (Wildman–Crippen MR) is 99.5 cm³/mol. The first-order chi connectivity index (χ1) is 12.6. The molecule has 1 heterocycles. The molecular weight excluding hydrogens is 332 g/mol. The van der Waals surface area contributed by atoms with Crippen molar-refractivity contribution in [3.8, 4) is 5.75 Å². The molecule has 26 heavy (non-hydrogen) atoms. The summed E-state index contributed by atoms with van der Waals surface area (Å²) in [6, 6.07) is 15.9. The van der Waals surface area contributed by atoms with Crippen LogP contribution in [0.2, 0.25) is 0 Å². The van der Waals surface area contributed by atoms with Crippen molar-refractivity contribution < 1.29 is 14.3 Å². The van der Waals surface area contributed by atoms with E-state index in [1.807, 2.05) is 18.2 Å². The molecule has 2 amide bonds. The summed E-state index contributed by atoms with van der Waals surface area (Å²) < 4.78 is 5.09. The summed E-state index contributed by atoms with van der Waals surface area (Å²) in [7, 11) is 1.53. The molecule has 1 aliphatic rings. The van der Waals surface area contributed by atoms with Crippen LogP contribution in [-0.4, -0.2) is 30.9 Å². The number of hydrazone groups is 2. The summed E-state index contributed by atoms with van der Waals surface area (Å²) in [5.74, 6) is -0.636. The van der Waals surface area contributed by atoms with Crippen molar-refractivity contribution in [3.05, 3.63) is 60.2 Å². The minimum absolute atomic E-state index is 0.215. The van der Waals surface area contributed by atoms with E-state index in [-0.39, 0.29) is 11.8 Å². The lowest BCUT2D eigenvalue weighted by Crippen LogP contribution is -2.29. The Balaban J connectivity index is 1.66. The number of amides is 2. The molecule has 7 nitrogen and oxygen atoms in total. The van der Waals surface area contributed by atoms with Gasteiger partial charge in [-0.05, 0) is 37.3 Å². The standard InChI is InChI=1S/C19H18N4O3/c1-13-17(19(25)23(22-13)15-8-4-3-5-9-15)12-20-21-18(24)14-7-6-10-16(11-14)26-2/h3-12,17H,1-2H3,(H,21,24)/b20-12-/t17-/m1/s1. The van der Waals surface area contributed by atoms with Crippen LogP contribution in [0.4, 0.5) is 5.69 Å². The lowest BCUT2D eigenvalue weighted by molar-refractivity contribution is -0.118. The Morgan fingerprint density at radius 2 is 2.00 bits per heavy atom. The van der Waals surface area contributed by atoms with Crippen LogP contribution in [0.15, 0.2) is 64.8 Å². The van der Waals surface area contributed by atoms with Crippen LogP contribution in [0.1, 0.15) is 17.3 Å². The molecule has 3 rings (SSSR count). The molecule has 0 saturated carbocycles. The lowest BCUT2D eigenvalue weighted by atomic mass is 10.1. The van der Waals surface area contributed by atoms with Crippen LogP contribution in [0.3, 0.4) is 0 Å². The lowest BCUT2D eigenvalue weighted by Gasteiger charge is -2.12. The van der Waals surface area contributed by atoms with Gasteiger partial charge in [0.1, 0.15) is 11.7 Å². The molecule has 0 aromatic heterocycles. The van der Waals surface area contributed by atoms with Gasteiger partial charge in [-0.2, -0.15) is 15.2 Å². The summed E-state index contributed by atoms with van der Waals surface area (Å²) in [6.45, 7) is 1.75. The first-order valence-corrected chi connectivity index (χ1v) is 8.02. The highest BCUT2D eigenvalue weighted by Gasteiger charge is 2.33. The second-order valence-electron chi connectivity index (χ2n) is 5.66. The Hall–Kier alpha value is -3.48. The van der Waals surface area contributed by atoms with Crippen LogP contribution in [0, 0.1) is 5.92 Å². The van der Waals surface area contributed by atoms with E-state index >= 15 is 0 Å². The second-order valence-corrected chi connectivity index (χ2v) is 5.66. The molecule has 0 aliphatic carbocycles. The van der Waals surface area contributed by atoms with Crippen molar-refractivity contribution in [2.24, 2.45) is 16.1 Å². The summed E-state index contributed by atoms with van der Waals surface area (Å²) in [5, 5.41) is 9.54. The van der Waals surface area contributed by atoms with Crippen molar-refractivity contribution in [2.45, 2.75) is 6.92 Å². The summed E-state index contributed by atoms with van der Waals surface area (Å²) in [5.41, 5.74) is 4.13. The summed E-state index contributed by atoms with van der Waals surface area (Å²) in [4.78, 5) is 24.7. The summed E-state index contributed by atoms with van der Waals surface area (Å²) in [6.07, 6.45) is 1.39. The molecule has 2 aromatic rings. The first-order valence-electron chi connectivity index (χ1n) is 8.02. The fourth-order valence-electron chi connectivity index (χ4n) is 2.50. The Labute approximate surface area is 151 Å². The van der Waals surface area contributed by atoms with Gasteiger partial charge in [0, 0.05) is 11.8 Å². The predicted octanol–water partition coefficient (Wildman–Crippen LogP) is 2.45. The zero-order valence-electron chi connectivity index (χ0n) is 14.4. The van der Waals surface area contributed by atoms with Gasteiger partial charge in [0.25, 0.3) is 11.8 Å². The van der Waals surface area contributed by atoms with E-state index in [4.69, 9.17) is 4.74 Å². The third kappa shape index (κ3) is 3.61. The number of nitrogens with zero attached hydrogens (tertiary/aromatic N) is 3. The van der Waals surface area contributed by atoms with Gasteiger partial charge in [0.05, 0.1) is 18.5 Å². The van der Waals surface area contributed by atoms with E-state index in [1.165, 1.54) is 18.3 Å². The van der Waals surface area contributed by atoms with Crippen LogP contribution < -0.4 is 15.2 Å². The molecule has 0 saturated heterocycles. The average Bonchev–Trinajstić information content (AvgIpc) is 2.96. The third-order valence-corrected chi connectivity index (χ3v) is 3.91. The second kappa shape index (κ2) is 7.60. The largest absolute Gasteiger partial charge is 0.497 e. The van der Waals surface area contributed by atoms with Crippen LogP contribution in [0.5, 0.6) is 5.75 Å². The maximum atomic E-state index is 12.5. The number of carbonyl (C=O) groups is 2. The molecule has 0 fully saturated rings. The molecule has 0 bridgehead atoms. The Morgan fingerprint density at radius 1 is 1.23 bits per heavy atom. The highest BCUT2D eigenvalue weighted by molar-refractivity contribution is 6.23. The highest BCUT2D eigenvalue weighted by atomic mass is 16.5. The molecule has 2 aromatic carbocycles. The Morgan fingerprint density at radius 3 is 2.73 bits per heavy atom. The number of anilines is 1. The molecule has 0 unspecified atom stereocenters. The van der Waals surface area contributed by atoms with E-state index in [0.29, 0.717) is 22.7 Å². The fraction of sp³-hybridized carbons (Fsp3) is 0.158. The fourth-order valence-corrected chi connectivity index (χ4v) is 2.50. The molecule has 0 spiro atoms. The number of benzene rings is 2. The van der Waals surface area contributed by atoms with Gasteiger partial charge < -0.3 is 4.74 Å². The normalized spacial score (nSPS) is 16.7. The van der Waals surface area contributed by atoms with E-state index in [9.17, 15) is 9.59 Å². The highest BCUT2D eigenvalue weighted by Crippen LogP contribution is 2.22. The number of methoxy groups -OCH3 is 1. The zero-order valence-corrected chi connectivity index (χ0v) is 14.4. The average molecular weight is 350 g/mol. The van der Waals surface area contributed by atoms with Crippen molar-refractivity contribution in [1.29, 1.82) is 0 Å². The Kier molecular flexibility index (Phi) is 5.07. The van der Waals surface area contributed by atoms with Gasteiger partial charge in [-0.25, -0.2) is 5.43 Å². The molecule has 132 valence electrons. The monoisotopic (exact) mass is 350 g/mol. The van der Waals surface area contributed by atoms with Gasteiger partial charge in [0.2, 0.25) is 0 Å².